The summed E-state index contributed by atoms with van der Waals surface area (Å²) in [5.74, 6) is 1.27. The molecule has 0 aromatic carbocycles. The molecule has 0 bridgehead atoms. The van der Waals surface area contributed by atoms with Gasteiger partial charge >= 0.3 is 44.6 Å². The van der Waals surface area contributed by atoms with Gasteiger partial charge in [-0.05, 0) is 0 Å². The fourth-order valence-electron chi connectivity index (χ4n) is 0.208. The summed E-state index contributed by atoms with van der Waals surface area (Å²) >= 11 is -0.254. The molecule has 0 unspecified atom stereocenters. The molecule has 1 nitrogen and oxygen atoms in total. The minimum atomic E-state index is -0.254. The Labute approximate surface area is 44.7 Å². The summed E-state index contributed by atoms with van der Waals surface area (Å²) in [5, 5.41) is 0. The van der Waals surface area contributed by atoms with E-state index in [-0.39, 0.29) is 20.2 Å². The van der Waals surface area contributed by atoms with Crippen molar-refractivity contribution >= 4 is 29.1 Å². The van der Waals surface area contributed by atoms with Gasteiger partial charge in [0.25, 0.3) is 0 Å². The molecule has 1 aliphatic heterocycles. The molecule has 0 aromatic heterocycles. The van der Waals surface area contributed by atoms with Crippen molar-refractivity contribution in [3.63, 3.8) is 0 Å². The minimum absolute atomic E-state index is 0.254. The molecule has 3 heteroatoms. The second kappa shape index (κ2) is 2.31. The monoisotopic (exact) mass is 196 g/mol. The summed E-state index contributed by atoms with van der Waals surface area (Å²) in [4.78, 5) is 0. The van der Waals surface area contributed by atoms with E-state index in [1.807, 2.05) is 8.95 Å². The van der Waals surface area contributed by atoms with Crippen LogP contribution in [0.25, 0.3) is 0 Å². The van der Waals surface area contributed by atoms with Gasteiger partial charge in [0.15, 0.2) is 0 Å². The second-order valence-corrected chi connectivity index (χ2v) is 6.37. The Morgan fingerprint density at radius 3 is 3.00 bits per heavy atom. The Morgan fingerprint density at radius 1 is 1.80 bits per heavy atom. The third-order valence-electron chi connectivity index (χ3n) is 0.405. The summed E-state index contributed by atoms with van der Waals surface area (Å²) in [5.41, 5.74) is 0. The molecule has 0 saturated carbocycles. The van der Waals surface area contributed by atoms with Crippen LogP contribution >= 0.6 is 8.95 Å². The molecule has 2 radical (unpaired) electrons. The maximum atomic E-state index is 5.08. The quantitative estimate of drug-likeness (QED) is 0.513. The summed E-state index contributed by atoms with van der Waals surface area (Å²) in [6, 6.07) is 0. The fourth-order valence-corrected chi connectivity index (χ4v) is 4.19. The van der Waals surface area contributed by atoms with E-state index < -0.39 is 0 Å². The van der Waals surface area contributed by atoms with Gasteiger partial charge < -0.3 is 0 Å². The topological polar surface area (TPSA) is 9.23 Å². The van der Waals surface area contributed by atoms with E-state index in [9.17, 15) is 0 Å². The zero-order valence-electron chi connectivity index (χ0n) is 2.73. The summed E-state index contributed by atoms with van der Waals surface area (Å²) < 4.78 is 5.08. The third-order valence-corrected chi connectivity index (χ3v) is 5.36. The third kappa shape index (κ3) is 1.32. The standard InChI is InChI=1S/C2H5OS.Sn/c3-1-2-4;/h4H,1-2H2;/q-1;+2/p-1. The van der Waals surface area contributed by atoms with E-state index in [1.54, 1.807) is 0 Å². The van der Waals surface area contributed by atoms with Crippen molar-refractivity contribution in [2.45, 2.75) is 0 Å². The first kappa shape index (κ1) is 4.27. The summed E-state index contributed by atoms with van der Waals surface area (Å²) in [6.45, 7) is 1.04. The van der Waals surface area contributed by atoms with Crippen molar-refractivity contribution in [3.05, 3.63) is 0 Å². The van der Waals surface area contributed by atoms with Crippen molar-refractivity contribution in [2.75, 3.05) is 12.4 Å². The fraction of sp³-hybridized carbons (Fsp3) is 1.00. The van der Waals surface area contributed by atoms with Crippen molar-refractivity contribution in [1.82, 2.24) is 0 Å². The predicted octanol–water partition coefficient (Wildman–Crippen LogP) is 0.284. The molecule has 5 heavy (non-hydrogen) atoms. The first-order valence-electron chi connectivity index (χ1n) is 1.49. The van der Waals surface area contributed by atoms with Crippen LogP contribution in [0.1, 0.15) is 0 Å². The maximum absolute atomic E-state index is 5.08. The molecule has 1 saturated heterocycles. The van der Waals surface area contributed by atoms with Gasteiger partial charge in [-0.1, -0.05) is 0 Å². The number of hydrogen-bond acceptors (Lipinski definition) is 2. The van der Waals surface area contributed by atoms with Gasteiger partial charge in [-0.2, -0.15) is 0 Å². The van der Waals surface area contributed by atoms with Crippen LogP contribution in [0.2, 0.25) is 0 Å². The normalized spacial score (nSPS) is 24.0. The van der Waals surface area contributed by atoms with E-state index >= 15 is 0 Å². The Bertz CT molecular complexity index is 21.2. The molecule has 0 aliphatic carbocycles. The van der Waals surface area contributed by atoms with Gasteiger partial charge in [0.1, 0.15) is 0 Å². The molecule has 0 N–H and O–H groups in total. The van der Waals surface area contributed by atoms with E-state index in [4.69, 9.17) is 3.07 Å². The van der Waals surface area contributed by atoms with Crippen LogP contribution in [0, 0.1) is 0 Å². The average Bonchev–Trinajstić information content (AvgIpc) is 1.76. The molecular formula is C2H4OSSn. The first-order chi connectivity index (χ1) is 2.50. The molecule has 1 rings (SSSR count). The Morgan fingerprint density at radius 2 is 2.80 bits per heavy atom. The molecule has 0 aromatic rings. The van der Waals surface area contributed by atoms with Crippen LogP contribution in [0.15, 0.2) is 0 Å². The Balaban J connectivity index is 2.08. The van der Waals surface area contributed by atoms with Crippen LogP contribution in [-0.2, 0) is 3.07 Å². The summed E-state index contributed by atoms with van der Waals surface area (Å²) in [6.07, 6.45) is 0. The summed E-state index contributed by atoms with van der Waals surface area (Å²) in [7, 11) is 2.02. The SMILES string of the molecule is C1C[S][Sn][O]1. The molecule has 1 aliphatic rings. The van der Waals surface area contributed by atoms with E-state index in [0.717, 1.165) is 6.61 Å². The molecule has 1 fully saturated rings. The van der Waals surface area contributed by atoms with Gasteiger partial charge in [0, 0.05) is 0 Å². The van der Waals surface area contributed by atoms with Gasteiger partial charge in [0.2, 0.25) is 0 Å². The van der Waals surface area contributed by atoms with Crippen LogP contribution in [0.5, 0.6) is 0 Å². The average molecular weight is 195 g/mol. The second-order valence-electron chi connectivity index (χ2n) is 0.780. The molecule has 0 amide bonds. The van der Waals surface area contributed by atoms with Crippen LogP contribution in [-0.4, -0.2) is 32.5 Å². The van der Waals surface area contributed by atoms with Crippen molar-refractivity contribution in [2.24, 2.45) is 0 Å². The van der Waals surface area contributed by atoms with Gasteiger partial charge in [0.05, 0.1) is 0 Å². The Kier molecular flexibility index (Phi) is 1.97. The van der Waals surface area contributed by atoms with Gasteiger partial charge in [-0.3, -0.25) is 0 Å². The van der Waals surface area contributed by atoms with Crippen LogP contribution in [0.4, 0.5) is 0 Å². The van der Waals surface area contributed by atoms with E-state index in [1.165, 1.54) is 5.75 Å². The van der Waals surface area contributed by atoms with Gasteiger partial charge in [-0.15, -0.1) is 0 Å². The van der Waals surface area contributed by atoms with Crippen LogP contribution in [0.3, 0.4) is 0 Å². The first-order valence-corrected chi connectivity index (χ1v) is 7.13. The molecule has 0 atom stereocenters. The zero-order valence-corrected chi connectivity index (χ0v) is 6.40. The van der Waals surface area contributed by atoms with Crippen molar-refractivity contribution in [1.29, 1.82) is 0 Å². The molecule has 28 valence electrons. The Hall–Kier alpha value is 1.11. The van der Waals surface area contributed by atoms with Gasteiger partial charge in [-0.25, -0.2) is 0 Å². The zero-order chi connectivity index (χ0) is 3.54. The number of hydrogen-bond donors (Lipinski definition) is 0. The van der Waals surface area contributed by atoms with Crippen molar-refractivity contribution < 1.29 is 3.07 Å². The molecule has 1 heterocycles. The van der Waals surface area contributed by atoms with Crippen LogP contribution < -0.4 is 0 Å². The van der Waals surface area contributed by atoms with Crippen molar-refractivity contribution in [3.8, 4) is 0 Å². The number of rotatable bonds is 0. The molecule has 0 spiro atoms. The predicted molar refractivity (Wildman–Crippen MR) is 24.2 cm³/mol. The van der Waals surface area contributed by atoms with E-state index in [0.29, 0.717) is 0 Å². The van der Waals surface area contributed by atoms with E-state index in [2.05, 4.69) is 0 Å². The molecular weight excluding hydrogens is 191 g/mol.